The van der Waals surface area contributed by atoms with Crippen molar-refractivity contribution in [1.29, 1.82) is 0 Å². The first-order chi connectivity index (χ1) is 16.7. The molecule has 1 fully saturated rings. The molecule has 2 aromatic rings. The minimum absolute atomic E-state index is 0.152. The predicted octanol–water partition coefficient (Wildman–Crippen LogP) is 6.22. The molecule has 35 heavy (non-hydrogen) atoms. The lowest BCUT2D eigenvalue weighted by Crippen LogP contribution is -2.52. The van der Waals surface area contributed by atoms with Crippen molar-refractivity contribution in [3.8, 4) is 5.75 Å². The molecule has 3 rings (SSSR count). The van der Waals surface area contributed by atoms with Gasteiger partial charge in [-0.05, 0) is 82.3 Å². The van der Waals surface area contributed by atoms with Crippen molar-refractivity contribution in [2.45, 2.75) is 52.1 Å². The van der Waals surface area contributed by atoms with E-state index in [1.54, 1.807) is 9.80 Å². The van der Waals surface area contributed by atoms with Crippen LogP contribution in [0.25, 0.3) is 0 Å². The van der Waals surface area contributed by atoms with E-state index in [9.17, 15) is 9.59 Å². The Morgan fingerprint density at radius 2 is 1.63 bits per heavy atom. The average molecular weight is 502 g/mol. The van der Waals surface area contributed by atoms with Crippen LogP contribution in [0.4, 0.5) is 15.3 Å². The van der Waals surface area contributed by atoms with Gasteiger partial charge in [0.05, 0.1) is 6.61 Å². The zero-order chi connectivity index (χ0) is 25.3. The molecule has 1 aliphatic rings. The molecule has 8 heteroatoms. The highest BCUT2D eigenvalue weighted by Crippen LogP contribution is 2.18. The monoisotopic (exact) mass is 501 g/mol. The molecule has 1 heterocycles. The second kappa shape index (κ2) is 12.7. The van der Waals surface area contributed by atoms with Crippen LogP contribution < -0.4 is 10.1 Å². The Hall–Kier alpha value is -2.93. The smallest absolute Gasteiger partial charge is 0.410 e. The van der Waals surface area contributed by atoms with Gasteiger partial charge < -0.3 is 24.6 Å². The fraction of sp³-hybridized carbons (Fsp3) is 0.481. The number of benzene rings is 2. The molecule has 0 unspecified atom stereocenters. The van der Waals surface area contributed by atoms with E-state index >= 15 is 0 Å². The Morgan fingerprint density at radius 3 is 2.29 bits per heavy atom. The summed E-state index contributed by atoms with van der Waals surface area (Å²) in [5.74, 6) is 0.806. The number of piperazine rings is 1. The van der Waals surface area contributed by atoms with Gasteiger partial charge in [0.1, 0.15) is 11.4 Å². The summed E-state index contributed by atoms with van der Waals surface area (Å²) in [6.45, 7) is 8.10. The number of carbonyl (C=O) groups is 2. The maximum absolute atomic E-state index is 12.6. The van der Waals surface area contributed by atoms with Crippen LogP contribution in [-0.2, 0) is 11.2 Å². The molecular weight excluding hydrogens is 466 g/mol. The van der Waals surface area contributed by atoms with Crippen molar-refractivity contribution in [1.82, 2.24) is 9.80 Å². The van der Waals surface area contributed by atoms with Gasteiger partial charge in [0.2, 0.25) is 0 Å². The number of nitrogens with one attached hydrogen (secondary N) is 1. The summed E-state index contributed by atoms with van der Waals surface area (Å²) in [7, 11) is 0. The van der Waals surface area contributed by atoms with Crippen LogP contribution >= 0.6 is 11.6 Å². The first-order valence-corrected chi connectivity index (χ1v) is 12.6. The highest BCUT2D eigenvalue weighted by molar-refractivity contribution is 6.30. The number of amides is 3. The Bertz CT molecular complexity index is 967. The van der Waals surface area contributed by atoms with Gasteiger partial charge >= 0.3 is 12.1 Å². The van der Waals surface area contributed by atoms with E-state index in [1.165, 1.54) is 5.56 Å². The normalized spacial score (nSPS) is 13.9. The van der Waals surface area contributed by atoms with Crippen molar-refractivity contribution in [2.75, 3.05) is 38.1 Å². The fourth-order valence-corrected chi connectivity index (χ4v) is 3.91. The molecule has 0 aromatic heterocycles. The van der Waals surface area contributed by atoms with Crippen LogP contribution in [0.5, 0.6) is 5.75 Å². The van der Waals surface area contributed by atoms with Crippen molar-refractivity contribution in [2.24, 2.45) is 0 Å². The van der Waals surface area contributed by atoms with Gasteiger partial charge in [-0.15, -0.1) is 0 Å². The van der Waals surface area contributed by atoms with Gasteiger partial charge in [-0.1, -0.05) is 29.8 Å². The molecule has 0 atom stereocenters. The van der Waals surface area contributed by atoms with Crippen LogP contribution in [0.3, 0.4) is 0 Å². The Morgan fingerprint density at radius 1 is 0.943 bits per heavy atom. The summed E-state index contributed by atoms with van der Waals surface area (Å²) in [6.07, 6.45) is 3.79. The van der Waals surface area contributed by atoms with Gasteiger partial charge in [-0.2, -0.15) is 0 Å². The SMILES string of the molecule is CC(C)(C)OC(=O)N1CCN(C(=O)Nc2ccc(CCCCCOc3cccc(Cl)c3)cc2)CC1. The van der Waals surface area contributed by atoms with E-state index < -0.39 is 5.60 Å². The number of nitrogens with zero attached hydrogens (tertiary/aromatic N) is 2. The van der Waals surface area contributed by atoms with Crippen molar-refractivity contribution < 1.29 is 19.1 Å². The van der Waals surface area contributed by atoms with Gasteiger partial charge in [-0.3, -0.25) is 0 Å². The van der Waals surface area contributed by atoms with Crippen LogP contribution in [0.15, 0.2) is 48.5 Å². The topological polar surface area (TPSA) is 71.1 Å². The molecule has 1 saturated heterocycles. The van der Waals surface area contributed by atoms with Gasteiger partial charge in [0.25, 0.3) is 0 Å². The van der Waals surface area contributed by atoms with Crippen LogP contribution in [0.2, 0.25) is 5.02 Å². The minimum atomic E-state index is -0.524. The second-order valence-corrected chi connectivity index (χ2v) is 10.1. The summed E-state index contributed by atoms with van der Waals surface area (Å²) < 4.78 is 11.1. The number of urea groups is 1. The molecule has 0 radical (unpaired) electrons. The molecule has 0 aliphatic carbocycles. The molecule has 7 nitrogen and oxygen atoms in total. The number of unbranched alkanes of at least 4 members (excludes halogenated alkanes) is 2. The number of hydrogen-bond donors (Lipinski definition) is 1. The Balaban J connectivity index is 1.32. The third kappa shape index (κ3) is 9.32. The third-order valence-corrected chi connectivity index (χ3v) is 5.83. The molecular formula is C27H36ClN3O4. The molecule has 0 spiro atoms. The maximum Gasteiger partial charge on any atom is 0.410 e. The van der Waals surface area contributed by atoms with E-state index in [-0.39, 0.29) is 12.1 Å². The van der Waals surface area contributed by atoms with Crippen LogP contribution in [0.1, 0.15) is 45.6 Å². The average Bonchev–Trinajstić information content (AvgIpc) is 2.81. The molecule has 1 N–H and O–H groups in total. The highest BCUT2D eigenvalue weighted by Gasteiger charge is 2.27. The predicted molar refractivity (Wildman–Crippen MR) is 139 cm³/mol. The highest BCUT2D eigenvalue weighted by atomic mass is 35.5. The molecule has 3 amide bonds. The van der Waals surface area contributed by atoms with Gasteiger partial charge in [-0.25, -0.2) is 9.59 Å². The molecule has 2 aromatic carbocycles. The van der Waals surface area contributed by atoms with E-state index in [1.807, 2.05) is 57.2 Å². The van der Waals surface area contributed by atoms with Gasteiger partial charge in [0, 0.05) is 36.9 Å². The van der Waals surface area contributed by atoms with Crippen LogP contribution in [0, 0.1) is 0 Å². The number of halogens is 1. The Kier molecular flexibility index (Phi) is 9.66. The number of aryl methyl sites for hydroxylation is 1. The van der Waals surface area contributed by atoms with E-state index in [4.69, 9.17) is 21.1 Å². The number of ether oxygens (including phenoxy) is 2. The standard InChI is InChI=1S/C27H36ClN3O4/c1-27(2,3)35-26(33)31-17-15-30(16-18-31)25(32)29-23-13-11-21(12-14-23)8-5-4-6-19-34-24-10-7-9-22(28)20-24/h7,9-14,20H,4-6,8,15-19H2,1-3H3,(H,29,32). The first kappa shape index (κ1) is 26.7. The number of carbonyl (C=O) groups excluding carboxylic acids is 2. The number of rotatable bonds is 8. The van der Waals surface area contributed by atoms with Crippen molar-refractivity contribution in [3.63, 3.8) is 0 Å². The quantitative estimate of drug-likeness (QED) is 0.436. The number of hydrogen-bond acceptors (Lipinski definition) is 4. The van der Waals surface area contributed by atoms with E-state index in [0.717, 1.165) is 37.1 Å². The zero-order valence-electron chi connectivity index (χ0n) is 20.9. The third-order valence-electron chi connectivity index (χ3n) is 5.60. The molecule has 190 valence electrons. The fourth-order valence-electron chi connectivity index (χ4n) is 3.73. The first-order valence-electron chi connectivity index (χ1n) is 12.2. The zero-order valence-corrected chi connectivity index (χ0v) is 21.6. The lowest BCUT2D eigenvalue weighted by atomic mass is 10.1. The summed E-state index contributed by atoms with van der Waals surface area (Å²) in [5.41, 5.74) is 1.48. The van der Waals surface area contributed by atoms with E-state index in [2.05, 4.69) is 17.4 Å². The van der Waals surface area contributed by atoms with Crippen molar-refractivity contribution >= 4 is 29.4 Å². The van der Waals surface area contributed by atoms with Gasteiger partial charge in [0.15, 0.2) is 0 Å². The molecule has 0 bridgehead atoms. The summed E-state index contributed by atoms with van der Waals surface area (Å²) in [5, 5.41) is 3.63. The summed E-state index contributed by atoms with van der Waals surface area (Å²) in [4.78, 5) is 28.2. The second-order valence-electron chi connectivity index (χ2n) is 9.70. The largest absolute Gasteiger partial charge is 0.494 e. The van der Waals surface area contributed by atoms with Crippen molar-refractivity contribution in [3.05, 3.63) is 59.1 Å². The minimum Gasteiger partial charge on any atom is -0.494 e. The Labute approximate surface area is 213 Å². The summed E-state index contributed by atoms with van der Waals surface area (Å²) >= 11 is 5.96. The lowest BCUT2D eigenvalue weighted by molar-refractivity contribution is 0.0174. The number of anilines is 1. The molecule has 0 saturated carbocycles. The lowest BCUT2D eigenvalue weighted by Gasteiger charge is -2.35. The summed E-state index contributed by atoms with van der Waals surface area (Å²) in [6, 6.07) is 15.3. The van der Waals surface area contributed by atoms with Crippen LogP contribution in [-0.4, -0.2) is 60.3 Å². The maximum atomic E-state index is 12.6. The molecule has 1 aliphatic heterocycles. The van der Waals surface area contributed by atoms with E-state index in [0.29, 0.717) is 37.8 Å².